The van der Waals surface area contributed by atoms with Gasteiger partial charge in [-0.1, -0.05) is 42.5 Å². The minimum absolute atomic E-state index is 0.0295. The largest absolute Gasteiger partial charge is 0.497 e. The second-order valence-corrected chi connectivity index (χ2v) is 13.5. The highest BCUT2D eigenvalue weighted by Crippen LogP contribution is 2.36. The van der Waals surface area contributed by atoms with Crippen molar-refractivity contribution < 1.29 is 23.9 Å². The highest BCUT2D eigenvalue weighted by atomic mass is 16.5. The van der Waals surface area contributed by atoms with Gasteiger partial charge in [0.05, 0.1) is 19.1 Å². The first-order chi connectivity index (χ1) is 22.9. The number of fused-ring (bicyclic) bond motifs is 1. The van der Waals surface area contributed by atoms with Gasteiger partial charge >= 0.3 is 0 Å². The lowest BCUT2D eigenvalue weighted by molar-refractivity contribution is -0.140. The molecular weight excluding hydrogens is 594 g/mol. The van der Waals surface area contributed by atoms with Crippen LogP contribution in [-0.4, -0.2) is 106 Å². The molecule has 0 unspecified atom stereocenters. The van der Waals surface area contributed by atoms with Crippen LogP contribution in [0, 0.1) is 11.3 Å². The van der Waals surface area contributed by atoms with E-state index in [4.69, 9.17) is 9.47 Å². The van der Waals surface area contributed by atoms with Gasteiger partial charge in [0.2, 0.25) is 17.7 Å². The van der Waals surface area contributed by atoms with Crippen molar-refractivity contribution in [1.82, 2.24) is 20.4 Å². The number of hydrogen-bond donors (Lipinski definition) is 2. The molecule has 2 aromatic rings. The van der Waals surface area contributed by atoms with Crippen molar-refractivity contribution in [2.75, 3.05) is 71.0 Å². The summed E-state index contributed by atoms with van der Waals surface area (Å²) in [6.45, 7) is 5.95. The second kappa shape index (κ2) is 15.3. The summed E-state index contributed by atoms with van der Waals surface area (Å²) in [5.74, 6) is 0.976. The molecule has 0 radical (unpaired) electrons. The topological polar surface area (TPSA) is 103 Å². The van der Waals surface area contributed by atoms with Gasteiger partial charge < -0.3 is 29.9 Å². The van der Waals surface area contributed by atoms with Crippen LogP contribution in [0.3, 0.4) is 0 Å². The number of carbonyl (C=O) groups is 3. The summed E-state index contributed by atoms with van der Waals surface area (Å²) in [6, 6.07) is 17.3. The average Bonchev–Trinajstić information content (AvgIpc) is 3.11. The molecule has 4 aliphatic heterocycles. The Hall–Kier alpha value is -3.89. The number of rotatable bonds is 6. The fourth-order valence-corrected chi connectivity index (χ4v) is 7.50. The van der Waals surface area contributed by atoms with Gasteiger partial charge in [0.1, 0.15) is 11.8 Å². The predicted molar refractivity (Wildman–Crippen MR) is 181 cm³/mol. The molecule has 10 heteroatoms. The van der Waals surface area contributed by atoms with Crippen LogP contribution in [0.5, 0.6) is 5.75 Å². The van der Waals surface area contributed by atoms with E-state index in [2.05, 4.69) is 44.7 Å². The van der Waals surface area contributed by atoms with Gasteiger partial charge in [0.25, 0.3) is 0 Å². The zero-order chi connectivity index (χ0) is 32.6. The molecule has 10 nitrogen and oxygen atoms in total. The highest BCUT2D eigenvalue weighted by Gasteiger charge is 2.41. The molecule has 2 aromatic carbocycles. The van der Waals surface area contributed by atoms with Crippen molar-refractivity contribution in [3.63, 3.8) is 0 Å². The molecule has 3 atom stereocenters. The fraction of sp³-hybridized carbons (Fsp3) is 0.541. The Morgan fingerprint density at radius 2 is 1.68 bits per heavy atom. The Labute approximate surface area is 278 Å². The molecule has 0 aromatic heterocycles. The number of anilines is 1. The predicted octanol–water partition coefficient (Wildman–Crippen LogP) is 3.02. The normalized spacial score (nSPS) is 26.3. The van der Waals surface area contributed by atoms with Crippen LogP contribution in [0.15, 0.2) is 66.7 Å². The number of likely N-dealkylation sites (tertiary alicyclic amines) is 1. The summed E-state index contributed by atoms with van der Waals surface area (Å²) in [4.78, 5) is 47.7. The van der Waals surface area contributed by atoms with Crippen molar-refractivity contribution in [3.05, 3.63) is 72.3 Å². The van der Waals surface area contributed by atoms with Gasteiger partial charge in [-0.3, -0.25) is 19.3 Å². The van der Waals surface area contributed by atoms with E-state index in [1.165, 1.54) is 0 Å². The van der Waals surface area contributed by atoms with Gasteiger partial charge in [-0.25, -0.2) is 0 Å². The van der Waals surface area contributed by atoms with Gasteiger partial charge in [-0.15, -0.1) is 0 Å². The van der Waals surface area contributed by atoms with E-state index in [0.29, 0.717) is 58.5 Å². The Bertz CT molecular complexity index is 1390. The van der Waals surface area contributed by atoms with E-state index in [-0.39, 0.29) is 29.7 Å². The molecule has 3 fully saturated rings. The lowest BCUT2D eigenvalue weighted by atomic mass is 9.75. The van der Waals surface area contributed by atoms with E-state index in [1.54, 1.807) is 7.11 Å². The Morgan fingerprint density at radius 3 is 2.40 bits per heavy atom. The molecule has 4 heterocycles. The van der Waals surface area contributed by atoms with Crippen molar-refractivity contribution in [1.29, 1.82) is 0 Å². The van der Waals surface area contributed by atoms with Crippen molar-refractivity contribution in [2.24, 2.45) is 11.3 Å². The van der Waals surface area contributed by atoms with E-state index in [1.807, 2.05) is 47.4 Å². The average molecular weight is 644 g/mol. The number of amides is 3. The smallest absolute Gasteiger partial charge is 0.243 e. The molecule has 3 amide bonds. The summed E-state index contributed by atoms with van der Waals surface area (Å²) in [5.41, 5.74) is 1.58. The summed E-state index contributed by atoms with van der Waals surface area (Å²) < 4.78 is 10.9. The van der Waals surface area contributed by atoms with Crippen LogP contribution in [0.4, 0.5) is 5.69 Å². The molecule has 0 aliphatic carbocycles. The first kappa shape index (κ1) is 33.0. The zero-order valence-corrected chi connectivity index (χ0v) is 27.6. The summed E-state index contributed by atoms with van der Waals surface area (Å²) in [5, 5.41) is 6.51. The SMILES string of the molecule is COc1ccc(N2CCN(C(=O)CN3CC[C@H]4NC(=O)[C@@H](Cc5ccccc5)NC(=O)C5(C/C=C/C[C@H]4C3)CCOCC5)CC2)cc1. The van der Waals surface area contributed by atoms with Crippen molar-refractivity contribution in [2.45, 2.75) is 50.6 Å². The third kappa shape index (κ3) is 8.16. The van der Waals surface area contributed by atoms with Crippen molar-refractivity contribution in [3.8, 4) is 5.75 Å². The van der Waals surface area contributed by atoms with Gasteiger partial charge in [-0.2, -0.15) is 0 Å². The monoisotopic (exact) mass is 643 g/mol. The maximum absolute atomic E-state index is 13.9. The zero-order valence-electron chi connectivity index (χ0n) is 27.6. The molecule has 1 spiro atoms. The molecule has 252 valence electrons. The van der Waals surface area contributed by atoms with Gasteiger partial charge in [0, 0.05) is 70.6 Å². The number of methoxy groups -OCH3 is 1. The van der Waals surface area contributed by atoms with Crippen LogP contribution < -0.4 is 20.3 Å². The van der Waals surface area contributed by atoms with Gasteiger partial charge in [0.15, 0.2) is 0 Å². The van der Waals surface area contributed by atoms with Crippen LogP contribution >= 0.6 is 0 Å². The third-order valence-corrected chi connectivity index (χ3v) is 10.5. The van der Waals surface area contributed by atoms with Crippen LogP contribution in [0.2, 0.25) is 0 Å². The Balaban J connectivity index is 1.10. The third-order valence-electron chi connectivity index (χ3n) is 10.5. The summed E-state index contributed by atoms with van der Waals surface area (Å²) in [6.07, 6.45) is 8.22. The van der Waals surface area contributed by atoms with Crippen molar-refractivity contribution >= 4 is 23.4 Å². The van der Waals surface area contributed by atoms with Crippen LogP contribution in [0.1, 0.15) is 37.7 Å². The molecule has 2 N–H and O–H groups in total. The summed E-state index contributed by atoms with van der Waals surface area (Å²) in [7, 11) is 1.67. The number of ether oxygens (including phenoxy) is 2. The molecule has 0 bridgehead atoms. The van der Waals surface area contributed by atoms with Gasteiger partial charge in [-0.05, 0) is 67.9 Å². The second-order valence-electron chi connectivity index (χ2n) is 13.5. The lowest BCUT2D eigenvalue weighted by Crippen LogP contribution is -2.59. The number of nitrogens with one attached hydrogen (secondary N) is 2. The Kier molecular flexibility index (Phi) is 10.8. The fourth-order valence-electron chi connectivity index (χ4n) is 7.50. The van der Waals surface area contributed by atoms with E-state index < -0.39 is 11.5 Å². The van der Waals surface area contributed by atoms with E-state index in [0.717, 1.165) is 56.0 Å². The summed E-state index contributed by atoms with van der Waals surface area (Å²) >= 11 is 0. The van der Waals surface area contributed by atoms with E-state index >= 15 is 0 Å². The quantitative estimate of drug-likeness (QED) is 0.467. The maximum atomic E-state index is 13.9. The number of benzene rings is 2. The molecule has 47 heavy (non-hydrogen) atoms. The number of piperazine rings is 1. The molecule has 6 rings (SSSR count). The number of nitrogens with zero attached hydrogens (tertiary/aromatic N) is 3. The molecule has 0 saturated carbocycles. The standard InChI is InChI=1S/C37H49N5O5/c1-46-31-12-10-30(11-13-31)41-19-21-42(22-20-41)34(43)27-40-18-14-32-29(26-40)9-5-6-15-37(16-23-47-24-17-37)36(45)39-33(35(44)38-32)25-28-7-3-2-4-8-28/h2-8,10-13,29,32-33H,9,14-27H2,1H3,(H,38,44)(H,39,45)/b6-5+/t29-,32+,33+/m0/s1. The first-order valence-corrected chi connectivity index (χ1v) is 17.2. The highest BCUT2D eigenvalue weighted by molar-refractivity contribution is 5.90. The van der Waals surface area contributed by atoms with Crippen LogP contribution in [0.25, 0.3) is 0 Å². The minimum Gasteiger partial charge on any atom is -0.497 e. The number of carbonyl (C=O) groups excluding carboxylic acids is 3. The van der Waals surface area contributed by atoms with Crippen LogP contribution in [-0.2, 0) is 25.5 Å². The molecular formula is C37H49N5O5. The molecule has 3 saturated heterocycles. The first-order valence-electron chi connectivity index (χ1n) is 17.2. The Morgan fingerprint density at radius 1 is 0.936 bits per heavy atom. The maximum Gasteiger partial charge on any atom is 0.243 e. The number of piperidine rings is 1. The number of hydrogen-bond acceptors (Lipinski definition) is 7. The number of allylic oxidation sites excluding steroid dienone is 2. The molecule has 4 aliphatic rings. The minimum atomic E-state index is -0.662. The van der Waals surface area contributed by atoms with E-state index in [9.17, 15) is 14.4 Å². The lowest BCUT2D eigenvalue weighted by Gasteiger charge is -2.41.